The zero-order valence-corrected chi connectivity index (χ0v) is 8.14. The number of dihydropyridines is 1. The van der Waals surface area contributed by atoms with E-state index in [1.165, 1.54) is 0 Å². The van der Waals surface area contributed by atoms with Crippen LogP contribution in [-0.4, -0.2) is 23.3 Å². The zero-order valence-electron chi connectivity index (χ0n) is 8.14. The number of hydrogen-bond acceptors (Lipinski definition) is 3. The van der Waals surface area contributed by atoms with Gasteiger partial charge >= 0.3 is 0 Å². The number of rotatable bonds is 1. The Morgan fingerprint density at radius 1 is 1.36 bits per heavy atom. The van der Waals surface area contributed by atoms with Gasteiger partial charge in [0.05, 0.1) is 12.1 Å². The minimum atomic E-state index is -0.365. The van der Waals surface area contributed by atoms with Crippen LogP contribution in [0.5, 0.6) is 0 Å². The van der Waals surface area contributed by atoms with Crippen molar-refractivity contribution in [2.75, 3.05) is 6.54 Å². The quantitative estimate of drug-likeness (QED) is 0.719. The van der Waals surface area contributed by atoms with Crippen LogP contribution in [0.15, 0.2) is 35.6 Å². The molecule has 2 heterocycles. The van der Waals surface area contributed by atoms with Crippen LogP contribution < -0.4 is 5.73 Å². The SMILES string of the molecule is CC1(N)CN=CC=C1c1ccncc1. The molecular formula is C11H13N3. The maximum Gasteiger partial charge on any atom is 0.0608 e. The minimum Gasteiger partial charge on any atom is -0.320 e. The Kier molecular flexibility index (Phi) is 2.17. The van der Waals surface area contributed by atoms with Crippen LogP contribution in [-0.2, 0) is 0 Å². The fourth-order valence-electron chi connectivity index (χ4n) is 1.60. The van der Waals surface area contributed by atoms with Gasteiger partial charge in [-0.05, 0) is 36.3 Å². The minimum absolute atomic E-state index is 0.365. The largest absolute Gasteiger partial charge is 0.320 e. The van der Waals surface area contributed by atoms with Crippen molar-refractivity contribution in [3.8, 4) is 0 Å². The fourth-order valence-corrected chi connectivity index (χ4v) is 1.60. The van der Waals surface area contributed by atoms with E-state index in [1.807, 2.05) is 31.3 Å². The van der Waals surface area contributed by atoms with E-state index in [9.17, 15) is 0 Å². The van der Waals surface area contributed by atoms with Gasteiger partial charge in [0, 0.05) is 18.6 Å². The first-order chi connectivity index (χ1) is 6.70. The molecule has 1 aliphatic heterocycles. The number of nitrogens with two attached hydrogens (primary N) is 1. The number of allylic oxidation sites excluding steroid dienone is 1. The third-order valence-corrected chi connectivity index (χ3v) is 2.37. The van der Waals surface area contributed by atoms with Crippen molar-refractivity contribution in [1.82, 2.24) is 4.98 Å². The maximum atomic E-state index is 6.15. The predicted octanol–water partition coefficient (Wildman–Crippen LogP) is 1.27. The predicted molar refractivity (Wildman–Crippen MR) is 58.2 cm³/mol. The molecule has 1 aliphatic rings. The molecule has 0 saturated heterocycles. The molecule has 0 bridgehead atoms. The summed E-state index contributed by atoms with van der Waals surface area (Å²) < 4.78 is 0. The van der Waals surface area contributed by atoms with Gasteiger partial charge in [0.1, 0.15) is 0 Å². The van der Waals surface area contributed by atoms with Gasteiger partial charge in [-0.1, -0.05) is 0 Å². The molecule has 0 radical (unpaired) electrons. The van der Waals surface area contributed by atoms with Crippen molar-refractivity contribution in [2.45, 2.75) is 12.5 Å². The topological polar surface area (TPSA) is 51.3 Å². The second-order valence-electron chi connectivity index (χ2n) is 3.72. The lowest BCUT2D eigenvalue weighted by atomic mass is 9.86. The van der Waals surface area contributed by atoms with Crippen LogP contribution in [0.3, 0.4) is 0 Å². The van der Waals surface area contributed by atoms with E-state index in [0.717, 1.165) is 11.1 Å². The maximum absolute atomic E-state index is 6.15. The van der Waals surface area contributed by atoms with Gasteiger partial charge in [0.25, 0.3) is 0 Å². The monoisotopic (exact) mass is 187 g/mol. The Bertz CT molecular complexity index is 377. The molecule has 14 heavy (non-hydrogen) atoms. The molecule has 1 aromatic rings. The molecule has 0 aromatic carbocycles. The van der Waals surface area contributed by atoms with Gasteiger partial charge in [-0.25, -0.2) is 0 Å². The first kappa shape index (κ1) is 9.09. The fraction of sp³-hybridized carbons (Fsp3) is 0.273. The average molecular weight is 187 g/mol. The highest BCUT2D eigenvalue weighted by Crippen LogP contribution is 2.26. The number of pyridine rings is 1. The highest BCUT2D eigenvalue weighted by Gasteiger charge is 2.25. The molecule has 1 atom stereocenters. The molecule has 0 fully saturated rings. The van der Waals surface area contributed by atoms with E-state index in [-0.39, 0.29) is 5.54 Å². The first-order valence-electron chi connectivity index (χ1n) is 4.60. The zero-order chi connectivity index (χ0) is 10.0. The van der Waals surface area contributed by atoms with E-state index in [1.54, 1.807) is 12.4 Å². The number of hydrogen-bond donors (Lipinski definition) is 1. The van der Waals surface area contributed by atoms with Crippen LogP contribution in [0, 0.1) is 0 Å². The van der Waals surface area contributed by atoms with E-state index in [4.69, 9.17) is 5.73 Å². The molecule has 0 aliphatic carbocycles. The first-order valence-corrected chi connectivity index (χ1v) is 4.60. The van der Waals surface area contributed by atoms with Gasteiger partial charge < -0.3 is 5.73 Å². The molecule has 72 valence electrons. The highest BCUT2D eigenvalue weighted by molar-refractivity contribution is 5.89. The summed E-state index contributed by atoms with van der Waals surface area (Å²) in [5.74, 6) is 0. The molecular weight excluding hydrogens is 174 g/mol. The van der Waals surface area contributed by atoms with Crippen LogP contribution >= 0.6 is 0 Å². The Labute approximate surface area is 83.4 Å². The van der Waals surface area contributed by atoms with Gasteiger partial charge in [0.15, 0.2) is 0 Å². The van der Waals surface area contributed by atoms with E-state index in [0.29, 0.717) is 6.54 Å². The third kappa shape index (κ3) is 1.59. The summed E-state index contributed by atoms with van der Waals surface area (Å²) in [5.41, 5.74) is 8.03. The normalized spacial score (nSPS) is 26.0. The summed E-state index contributed by atoms with van der Waals surface area (Å²) in [4.78, 5) is 8.15. The molecule has 3 nitrogen and oxygen atoms in total. The lowest BCUT2D eigenvalue weighted by Crippen LogP contribution is -2.42. The van der Waals surface area contributed by atoms with Gasteiger partial charge in [-0.2, -0.15) is 0 Å². The Balaban J connectivity index is 2.43. The van der Waals surface area contributed by atoms with Gasteiger partial charge in [0.2, 0.25) is 0 Å². The highest BCUT2D eigenvalue weighted by atomic mass is 14.9. The number of nitrogens with zero attached hydrogens (tertiary/aromatic N) is 2. The molecule has 1 aromatic heterocycles. The molecule has 2 rings (SSSR count). The van der Waals surface area contributed by atoms with Crippen molar-refractivity contribution in [3.05, 3.63) is 36.2 Å². The van der Waals surface area contributed by atoms with Gasteiger partial charge in [-0.15, -0.1) is 0 Å². The summed E-state index contributed by atoms with van der Waals surface area (Å²) in [6, 6.07) is 3.94. The Morgan fingerprint density at radius 2 is 2.07 bits per heavy atom. The average Bonchev–Trinajstić information content (AvgIpc) is 2.18. The second kappa shape index (κ2) is 3.35. The third-order valence-electron chi connectivity index (χ3n) is 2.37. The van der Waals surface area contributed by atoms with E-state index >= 15 is 0 Å². The van der Waals surface area contributed by atoms with Crippen molar-refractivity contribution in [3.63, 3.8) is 0 Å². The molecule has 3 heteroatoms. The molecule has 2 N–H and O–H groups in total. The van der Waals surface area contributed by atoms with E-state index in [2.05, 4.69) is 9.98 Å². The van der Waals surface area contributed by atoms with E-state index < -0.39 is 0 Å². The summed E-state index contributed by atoms with van der Waals surface area (Å²) in [6.07, 6.45) is 7.33. The molecule has 0 spiro atoms. The number of aliphatic imine (C=N–C) groups is 1. The van der Waals surface area contributed by atoms with Crippen molar-refractivity contribution in [2.24, 2.45) is 10.7 Å². The summed E-state index contributed by atoms with van der Waals surface area (Å²) in [6.45, 7) is 2.64. The summed E-state index contributed by atoms with van der Waals surface area (Å²) in [7, 11) is 0. The van der Waals surface area contributed by atoms with Crippen LogP contribution in [0.1, 0.15) is 12.5 Å². The van der Waals surface area contributed by atoms with Crippen molar-refractivity contribution in [1.29, 1.82) is 0 Å². The lowest BCUT2D eigenvalue weighted by molar-refractivity contribution is 0.615. The second-order valence-corrected chi connectivity index (χ2v) is 3.72. The van der Waals surface area contributed by atoms with Gasteiger partial charge in [-0.3, -0.25) is 9.98 Å². The van der Waals surface area contributed by atoms with Crippen LogP contribution in [0.25, 0.3) is 5.57 Å². The van der Waals surface area contributed by atoms with Crippen LogP contribution in [0.2, 0.25) is 0 Å². The van der Waals surface area contributed by atoms with Crippen molar-refractivity contribution < 1.29 is 0 Å². The van der Waals surface area contributed by atoms with Crippen LogP contribution in [0.4, 0.5) is 0 Å². The molecule has 0 saturated carbocycles. The number of aromatic nitrogens is 1. The lowest BCUT2D eigenvalue weighted by Gasteiger charge is -2.28. The summed E-state index contributed by atoms with van der Waals surface area (Å²) >= 11 is 0. The smallest absolute Gasteiger partial charge is 0.0608 e. The molecule has 0 amide bonds. The summed E-state index contributed by atoms with van der Waals surface area (Å²) in [5, 5.41) is 0. The van der Waals surface area contributed by atoms with Crippen molar-refractivity contribution >= 4 is 11.8 Å². The Morgan fingerprint density at radius 3 is 2.71 bits per heavy atom. The standard InChI is InChI=1S/C11H13N3/c1-11(12)8-14-7-4-10(11)9-2-5-13-6-3-9/h2-7H,8,12H2,1H3. The molecule has 1 unspecified atom stereocenters. The Hall–Kier alpha value is -1.48.